The standard InChI is InChI=1S/C7H5NO2.ClH/c9-6-2-1-5-4-8-10-7(5)3-6;/h1-4,9H;1H. The van der Waals surface area contributed by atoms with E-state index < -0.39 is 0 Å². The van der Waals surface area contributed by atoms with E-state index in [0.29, 0.717) is 5.58 Å². The Balaban J connectivity index is 0.000000605. The summed E-state index contributed by atoms with van der Waals surface area (Å²) in [6.45, 7) is 0. The molecule has 2 aromatic rings. The van der Waals surface area contributed by atoms with E-state index in [4.69, 9.17) is 9.63 Å². The molecule has 0 aliphatic carbocycles. The Morgan fingerprint density at radius 2 is 2.18 bits per heavy atom. The minimum absolute atomic E-state index is 0. The SMILES string of the molecule is Cl.Oc1ccc2cnoc2c1. The van der Waals surface area contributed by atoms with Crippen molar-refractivity contribution in [2.75, 3.05) is 0 Å². The Morgan fingerprint density at radius 3 is 3.00 bits per heavy atom. The average molecular weight is 172 g/mol. The summed E-state index contributed by atoms with van der Waals surface area (Å²) in [5, 5.41) is 13.4. The van der Waals surface area contributed by atoms with E-state index in [0.717, 1.165) is 5.39 Å². The number of nitrogens with zero attached hydrogens (tertiary/aromatic N) is 1. The molecule has 0 unspecified atom stereocenters. The van der Waals surface area contributed by atoms with Crippen LogP contribution < -0.4 is 0 Å². The van der Waals surface area contributed by atoms with Crippen LogP contribution in [-0.4, -0.2) is 10.3 Å². The van der Waals surface area contributed by atoms with E-state index in [-0.39, 0.29) is 18.2 Å². The summed E-state index contributed by atoms with van der Waals surface area (Å²) in [6.07, 6.45) is 1.61. The zero-order valence-corrected chi connectivity index (χ0v) is 6.34. The maximum atomic E-state index is 8.96. The van der Waals surface area contributed by atoms with Crippen LogP contribution >= 0.6 is 12.4 Å². The van der Waals surface area contributed by atoms with Gasteiger partial charge in [0.05, 0.1) is 6.20 Å². The van der Waals surface area contributed by atoms with Crippen molar-refractivity contribution in [1.82, 2.24) is 5.16 Å². The van der Waals surface area contributed by atoms with E-state index >= 15 is 0 Å². The molecular weight excluding hydrogens is 166 g/mol. The highest BCUT2D eigenvalue weighted by molar-refractivity contribution is 5.85. The van der Waals surface area contributed by atoms with Gasteiger partial charge in [-0.15, -0.1) is 12.4 Å². The Kier molecular flexibility index (Phi) is 2.01. The van der Waals surface area contributed by atoms with Crippen molar-refractivity contribution in [2.24, 2.45) is 0 Å². The highest BCUT2D eigenvalue weighted by atomic mass is 35.5. The molecule has 0 radical (unpaired) electrons. The molecule has 1 aromatic heterocycles. The molecule has 11 heavy (non-hydrogen) atoms. The molecule has 3 nitrogen and oxygen atoms in total. The molecule has 0 bridgehead atoms. The fourth-order valence-corrected chi connectivity index (χ4v) is 0.849. The van der Waals surface area contributed by atoms with Crippen molar-refractivity contribution in [3.8, 4) is 5.75 Å². The van der Waals surface area contributed by atoms with Gasteiger partial charge in [-0.3, -0.25) is 0 Å². The second-order valence-electron chi connectivity index (χ2n) is 2.05. The van der Waals surface area contributed by atoms with Crippen molar-refractivity contribution in [3.05, 3.63) is 24.4 Å². The van der Waals surface area contributed by atoms with Crippen LogP contribution in [0.4, 0.5) is 0 Å². The van der Waals surface area contributed by atoms with Crippen molar-refractivity contribution >= 4 is 23.4 Å². The number of halogens is 1. The Labute approximate surface area is 69.0 Å². The van der Waals surface area contributed by atoms with Crippen LogP contribution in [0.1, 0.15) is 0 Å². The number of hydrogen-bond donors (Lipinski definition) is 1. The predicted molar refractivity (Wildman–Crippen MR) is 42.9 cm³/mol. The highest BCUT2D eigenvalue weighted by Gasteiger charge is 1.96. The average Bonchev–Trinajstić information content (AvgIpc) is 2.33. The number of aromatic nitrogens is 1. The molecule has 0 spiro atoms. The van der Waals surface area contributed by atoms with Gasteiger partial charge >= 0.3 is 0 Å². The number of phenols is 1. The van der Waals surface area contributed by atoms with E-state index in [9.17, 15) is 0 Å². The molecule has 0 saturated heterocycles. The van der Waals surface area contributed by atoms with Crippen LogP contribution in [0.25, 0.3) is 11.0 Å². The third kappa shape index (κ3) is 1.28. The quantitative estimate of drug-likeness (QED) is 0.659. The molecule has 0 aliphatic rings. The highest BCUT2D eigenvalue weighted by Crippen LogP contribution is 2.18. The van der Waals surface area contributed by atoms with Gasteiger partial charge in [-0.25, -0.2) is 0 Å². The topological polar surface area (TPSA) is 46.3 Å². The minimum Gasteiger partial charge on any atom is -0.508 e. The van der Waals surface area contributed by atoms with Crippen LogP contribution in [-0.2, 0) is 0 Å². The lowest BCUT2D eigenvalue weighted by Gasteiger charge is -1.86. The van der Waals surface area contributed by atoms with Gasteiger partial charge in [-0.1, -0.05) is 5.16 Å². The van der Waals surface area contributed by atoms with Crippen LogP contribution in [0.5, 0.6) is 5.75 Å². The summed E-state index contributed by atoms with van der Waals surface area (Å²) in [4.78, 5) is 0. The Hall–Kier alpha value is -1.22. The number of fused-ring (bicyclic) bond motifs is 1. The molecule has 1 aromatic carbocycles. The van der Waals surface area contributed by atoms with Gasteiger partial charge in [0.15, 0.2) is 5.58 Å². The summed E-state index contributed by atoms with van der Waals surface area (Å²) in [5.74, 6) is 0.198. The fourth-order valence-electron chi connectivity index (χ4n) is 0.849. The molecule has 2 rings (SSSR count). The zero-order valence-electron chi connectivity index (χ0n) is 5.52. The fraction of sp³-hybridized carbons (Fsp3) is 0. The maximum absolute atomic E-state index is 8.96. The third-order valence-electron chi connectivity index (χ3n) is 1.34. The van der Waals surface area contributed by atoms with Gasteiger partial charge in [-0.05, 0) is 12.1 Å². The number of aromatic hydroxyl groups is 1. The summed E-state index contributed by atoms with van der Waals surface area (Å²) in [6, 6.07) is 4.88. The molecule has 1 N–H and O–H groups in total. The molecule has 0 saturated carbocycles. The Bertz CT molecular complexity index is 358. The number of hydrogen-bond acceptors (Lipinski definition) is 3. The normalized spacial score (nSPS) is 9.45. The molecule has 4 heteroatoms. The van der Waals surface area contributed by atoms with Gasteiger partial charge < -0.3 is 9.63 Å². The minimum atomic E-state index is 0. The van der Waals surface area contributed by atoms with Gasteiger partial charge in [0.2, 0.25) is 0 Å². The molecule has 0 amide bonds. The first-order valence-electron chi connectivity index (χ1n) is 2.90. The summed E-state index contributed by atoms with van der Waals surface area (Å²) < 4.78 is 4.79. The van der Waals surface area contributed by atoms with Crippen LogP contribution in [0.3, 0.4) is 0 Å². The lowest BCUT2D eigenvalue weighted by molar-refractivity contribution is 0.449. The first-order chi connectivity index (χ1) is 4.86. The lowest BCUT2D eigenvalue weighted by Crippen LogP contribution is -1.62. The largest absolute Gasteiger partial charge is 0.508 e. The van der Waals surface area contributed by atoms with Crippen LogP contribution in [0.15, 0.2) is 28.9 Å². The number of rotatable bonds is 0. The predicted octanol–water partition coefficient (Wildman–Crippen LogP) is 1.96. The first-order valence-corrected chi connectivity index (χ1v) is 2.90. The molecule has 0 aliphatic heterocycles. The van der Waals surface area contributed by atoms with Crippen molar-refractivity contribution in [2.45, 2.75) is 0 Å². The summed E-state index contributed by atoms with van der Waals surface area (Å²) in [5.41, 5.74) is 0.611. The maximum Gasteiger partial charge on any atom is 0.170 e. The molecule has 0 atom stereocenters. The Morgan fingerprint density at radius 1 is 1.36 bits per heavy atom. The second-order valence-corrected chi connectivity index (χ2v) is 2.05. The zero-order chi connectivity index (χ0) is 6.97. The summed E-state index contributed by atoms with van der Waals surface area (Å²) in [7, 11) is 0. The van der Waals surface area contributed by atoms with Gasteiger partial charge in [0, 0.05) is 11.5 Å². The number of phenolic OH excluding ortho intramolecular Hbond substituents is 1. The van der Waals surface area contributed by atoms with Crippen LogP contribution in [0, 0.1) is 0 Å². The number of benzene rings is 1. The molecule has 1 heterocycles. The van der Waals surface area contributed by atoms with Gasteiger partial charge in [0.25, 0.3) is 0 Å². The van der Waals surface area contributed by atoms with E-state index in [2.05, 4.69) is 5.16 Å². The molecule has 58 valence electrons. The smallest absolute Gasteiger partial charge is 0.170 e. The van der Waals surface area contributed by atoms with Crippen molar-refractivity contribution in [1.29, 1.82) is 0 Å². The molecular formula is C7H6ClNO2. The van der Waals surface area contributed by atoms with Crippen LogP contribution in [0.2, 0.25) is 0 Å². The van der Waals surface area contributed by atoms with E-state index in [1.807, 2.05) is 0 Å². The lowest BCUT2D eigenvalue weighted by atomic mass is 10.2. The monoisotopic (exact) mass is 171 g/mol. The van der Waals surface area contributed by atoms with Crippen molar-refractivity contribution in [3.63, 3.8) is 0 Å². The molecule has 0 fully saturated rings. The van der Waals surface area contributed by atoms with Gasteiger partial charge in [0.1, 0.15) is 5.75 Å². The van der Waals surface area contributed by atoms with E-state index in [1.165, 1.54) is 6.07 Å². The first kappa shape index (κ1) is 7.88. The summed E-state index contributed by atoms with van der Waals surface area (Å²) >= 11 is 0. The van der Waals surface area contributed by atoms with E-state index in [1.54, 1.807) is 18.3 Å². The van der Waals surface area contributed by atoms with Gasteiger partial charge in [-0.2, -0.15) is 0 Å². The second kappa shape index (κ2) is 2.80. The van der Waals surface area contributed by atoms with Crippen molar-refractivity contribution < 1.29 is 9.63 Å². The third-order valence-corrected chi connectivity index (χ3v) is 1.34.